The minimum absolute atomic E-state index is 0.697. The van der Waals surface area contributed by atoms with Crippen molar-refractivity contribution in [2.75, 3.05) is 26.2 Å². The Morgan fingerprint density at radius 2 is 2.12 bits per heavy atom. The topological polar surface area (TPSA) is 47.3 Å². The summed E-state index contributed by atoms with van der Waals surface area (Å²) in [5, 5.41) is 3.29. The largest absolute Gasteiger partial charge is 0.494 e. The van der Waals surface area contributed by atoms with Crippen LogP contribution in [0.25, 0.3) is 0 Å². The van der Waals surface area contributed by atoms with Gasteiger partial charge in [0.25, 0.3) is 0 Å². The molecule has 3 heteroatoms. The molecule has 0 aromatic heterocycles. The second-order valence-corrected chi connectivity index (χ2v) is 3.82. The second kappa shape index (κ2) is 7.25. The molecule has 0 aliphatic heterocycles. The molecule has 0 unspecified atom stereocenters. The van der Waals surface area contributed by atoms with Gasteiger partial charge in [-0.05, 0) is 44.0 Å². The molecule has 0 bridgehead atoms. The van der Waals surface area contributed by atoms with E-state index in [1.807, 2.05) is 6.92 Å². The van der Waals surface area contributed by atoms with E-state index in [1.54, 1.807) is 0 Å². The zero-order chi connectivity index (χ0) is 11.8. The zero-order valence-electron chi connectivity index (χ0n) is 10.3. The number of nitrogens with one attached hydrogen (secondary N) is 1. The smallest absolute Gasteiger partial charge is 0.122 e. The van der Waals surface area contributed by atoms with Crippen molar-refractivity contribution in [3.8, 4) is 5.75 Å². The average molecular weight is 222 g/mol. The van der Waals surface area contributed by atoms with Crippen LogP contribution in [0.1, 0.15) is 18.1 Å². The van der Waals surface area contributed by atoms with Gasteiger partial charge in [0, 0.05) is 13.1 Å². The van der Waals surface area contributed by atoms with E-state index in [1.165, 1.54) is 11.1 Å². The summed E-state index contributed by atoms with van der Waals surface area (Å²) in [6.07, 6.45) is 1.03. The fourth-order valence-electron chi connectivity index (χ4n) is 1.64. The normalized spacial score (nSPS) is 10.4. The van der Waals surface area contributed by atoms with Gasteiger partial charge in [-0.2, -0.15) is 0 Å². The van der Waals surface area contributed by atoms with E-state index < -0.39 is 0 Å². The van der Waals surface area contributed by atoms with Crippen LogP contribution in [0.3, 0.4) is 0 Å². The highest BCUT2D eigenvalue weighted by atomic mass is 16.5. The van der Waals surface area contributed by atoms with Crippen molar-refractivity contribution in [1.82, 2.24) is 5.32 Å². The Kier molecular flexibility index (Phi) is 5.90. The molecule has 0 saturated carbocycles. The Morgan fingerprint density at radius 1 is 1.31 bits per heavy atom. The summed E-state index contributed by atoms with van der Waals surface area (Å²) < 4.78 is 5.50. The van der Waals surface area contributed by atoms with Gasteiger partial charge in [-0.1, -0.05) is 12.1 Å². The number of rotatable bonds is 7. The van der Waals surface area contributed by atoms with Gasteiger partial charge in [0.2, 0.25) is 0 Å². The van der Waals surface area contributed by atoms with Gasteiger partial charge in [0.1, 0.15) is 5.75 Å². The molecule has 0 amide bonds. The predicted octanol–water partition coefficient (Wildman–Crippen LogP) is 1.48. The summed E-state index contributed by atoms with van der Waals surface area (Å²) in [6.45, 7) is 7.37. The predicted molar refractivity (Wildman–Crippen MR) is 68.0 cm³/mol. The molecule has 0 saturated heterocycles. The lowest BCUT2D eigenvalue weighted by molar-refractivity contribution is 0.338. The molecule has 16 heavy (non-hydrogen) atoms. The number of nitrogens with two attached hydrogens (primary N) is 1. The molecule has 90 valence electrons. The molecule has 0 radical (unpaired) electrons. The molecule has 0 heterocycles. The fourth-order valence-corrected chi connectivity index (χ4v) is 1.64. The van der Waals surface area contributed by atoms with E-state index >= 15 is 0 Å². The third kappa shape index (κ3) is 4.21. The van der Waals surface area contributed by atoms with Gasteiger partial charge < -0.3 is 15.8 Å². The maximum Gasteiger partial charge on any atom is 0.122 e. The van der Waals surface area contributed by atoms with Gasteiger partial charge in [-0.15, -0.1) is 0 Å². The summed E-state index contributed by atoms with van der Waals surface area (Å²) in [5.41, 5.74) is 7.95. The third-order valence-corrected chi connectivity index (χ3v) is 2.45. The Labute approximate surface area is 98.0 Å². The van der Waals surface area contributed by atoms with Gasteiger partial charge in [0.05, 0.1) is 6.61 Å². The number of aryl methyl sites for hydroxylation is 1. The van der Waals surface area contributed by atoms with Crippen molar-refractivity contribution in [3.63, 3.8) is 0 Å². The van der Waals surface area contributed by atoms with Crippen LogP contribution in [-0.4, -0.2) is 26.2 Å². The van der Waals surface area contributed by atoms with Crippen molar-refractivity contribution >= 4 is 0 Å². The average Bonchev–Trinajstić information content (AvgIpc) is 2.28. The van der Waals surface area contributed by atoms with E-state index in [9.17, 15) is 0 Å². The molecule has 0 fully saturated rings. The standard InChI is InChI=1S/C13H22N2O/c1-3-16-13-5-4-12(10-11(13)2)6-8-15-9-7-14/h4-5,10,15H,3,6-9,14H2,1-2H3. The molecule has 3 nitrogen and oxygen atoms in total. The molecule has 3 N–H and O–H groups in total. The van der Waals surface area contributed by atoms with E-state index in [-0.39, 0.29) is 0 Å². The molecule has 0 aliphatic rings. The first-order valence-electron chi connectivity index (χ1n) is 5.91. The van der Waals surface area contributed by atoms with Gasteiger partial charge >= 0.3 is 0 Å². The Morgan fingerprint density at radius 3 is 2.75 bits per heavy atom. The fraction of sp³-hybridized carbons (Fsp3) is 0.538. The van der Waals surface area contributed by atoms with E-state index in [0.717, 1.165) is 31.9 Å². The molecule has 0 aliphatic carbocycles. The Bertz CT molecular complexity index is 313. The third-order valence-electron chi connectivity index (χ3n) is 2.45. The highest BCUT2D eigenvalue weighted by Gasteiger charge is 2.00. The first-order valence-corrected chi connectivity index (χ1v) is 5.91. The van der Waals surface area contributed by atoms with Crippen molar-refractivity contribution in [3.05, 3.63) is 29.3 Å². The minimum Gasteiger partial charge on any atom is -0.494 e. The SMILES string of the molecule is CCOc1ccc(CCNCCN)cc1C. The number of ether oxygens (including phenoxy) is 1. The van der Waals surface area contributed by atoms with Gasteiger partial charge in [-0.25, -0.2) is 0 Å². The van der Waals surface area contributed by atoms with Gasteiger partial charge in [-0.3, -0.25) is 0 Å². The van der Waals surface area contributed by atoms with Crippen LogP contribution < -0.4 is 15.8 Å². The van der Waals surface area contributed by atoms with Crippen LogP contribution in [-0.2, 0) is 6.42 Å². The summed E-state index contributed by atoms with van der Waals surface area (Å²) in [4.78, 5) is 0. The number of hydrogen-bond donors (Lipinski definition) is 2. The van der Waals surface area contributed by atoms with Crippen molar-refractivity contribution < 1.29 is 4.74 Å². The Hall–Kier alpha value is -1.06. The first-order chi connectivity index (χ1) is 7.77. The van der Waals surface area contributed by atoms with Crippen molar-refractivity contribution in [2.45, 2.75) is 20.3 Å². The molecule has 1 rings (SSSR count). The summed E-state index contributed by atoms with van der Waals surface area (Å²) in [6, 6.07) is 6.37. The molecule has 0 spiro atoms. The lowest BCUT2D eigenvalue weighted by atomic mass is 10.1. The highest BCUT2D eigenvalue weighted by molar-refractivity contribution is 5.36. The van der Waals surface area contributed by atoms with Crippen LogP contribution in [0.5, 0.6) is 5.75 Å². The minimum atomic E-state index is 0.697. The molecular weight excluding hydrogens is 200 g/mol. The van der Waals surface area contributed by atoms with Crippen LogP contribution >= 0.6 is 0 Å². The molecule has 1 aromatic rings. The van der Waals surface area contributed by atoms with E-state index in [0.29, 0.717) is 6.54 Å². The van der Waals surface area contributed by atoms with Crippen LogP contribution in [0.15, 0.2) is 18.2 Å². The van der Waals surface area contributed by atoms with Crippen LogP contribution in [0.2, 0.25) is 0 Å². The Balaban J connectivity index is 2.46. The van der Waals surface area contributed by atoms with Gasteiger partial charge in [0.15, 0.2) is 0 Å². The summed E-state index contributed by atoms with van der Waals surface area (Å²) in [5.74, 6) is 0.987. The lowest BCUT2D eigenvalue weighted by Crippen LogP contribution is -2.24. The molecular formula is C13H22N2O. The van der Waals surface area contributed by atoms with Crippen molar-refractivity contribution in [2.24, 2.45) is 5.73 Å². The molecule has 1 aromatic carbocycles. The maximum atomic E-state index is 5.50. The highest BCUT2D eigenvalue weighted by Crippen LogP contribution is 2.19. The lowest BCUT2D eigenvalue weighted by Gasteiger charge is -2.09. The van der Waals surface area contributed by atoms with Crippen molar-refractivity contribution in [1.29, 1.82) is 0 Å². The van der Waals surface area contributed by atoms with E-state index in [4.69, 9.17) is 10.5 Å². The monoisotopic (exact) mass is 222 g/mol. The summed E-state index contributed by atoms with van der Waals surface area (Å²) >= 11 is 0. The number of benzene rings is 1. The first kappa shape index (κ1) is 13.0. The quantitative estimate of drug-likeness (QED) is 0.687. The molecule has 0 atom stereocenters. The van der Waals surface area contributed by atoms with Crippen LogP contribution in [0.4, 0.5) is 0 Å². The number of hydrogen-bond acceptors (Lipinski definition) is 3. The summed E-state index contributed by atoms with van der Waals surface area (Å²) in [7, 11) is 0. The van der Waals surface area contributed by atoms with E-state index in [2.05, 4.69) is 30.4 Å². The van der Waals surface area contributed by atoms with Crippen LogP contribution in [0, 0.1) is 6.92 Å². The maximum absolute atomic E-state index is 5.50. The second-order valence-electron chi connectivity index (χ2n) is 3.82. The zero-order valence-corrected chi connectivity index (χ0v) is 10.3.